The third kappa shape index (κ3) is 7.40. The van der Waals surface area contributed by atoms with Crippen molar-refractivity contribution >= 4 is 58.8 Å². The lowest BCUT2D eigenvalue weighted by Gasteiger charge is -2.31. The van der Waals surface area contributed by atoms with Gasteiger partial charge in [-0.3, -0.25) is 14.4 Å². The second-order valence-corrected chi connectivity index (χ2v) is 11.1. The van der Waals surface area contributed by atoms with Gasteiger partial charge in [-0.2, -0.15) is 0 Å². The number of nitrogens with zero attached hydrogens (tertiary/aromatic N) is 1. The maximum atomic E-state index is 12.7. The van der Waals surface area contributed by atoms with Crippen LogP contribution in [0.4, 0.5) is 0 Å². The number of benzene rings is 1. The number of piperidine rings is 1. The zero-order valence-corrected chi connectivity index (χ0v) is 21.6. The fourth-order valence-corrected chi connectivity index (χ4v) is 6.38. The van der Waals surface area contributed by atoms with E-state index >= 15 is 0 Å². The number of carbonyl (C=O) groups is 3. The van der Waals surface area contributed by atoms with Crippen molar-refractivity contribution in [1.29, 1.82) is 0 Å². The molecule has 1 aliphatic heterocycles. The van der Waals surface area contributed by atoms with Gasteiger partial charge < -0.3 is 15.3 Å². The standard InChI is InChI=1S/C25H32Cl2N2O4S/c1-16(25(32)33)28-24(31)18-11-13-29(14-12-18)22(30)10-9-17-5-2-3-8-21(17)34-15-19-6-4-7-20(26)23(19)27/h2-3,5,8-10,16,18-20,23H,4,6-7,11-15H2,1H3,(H,28,31)(H,32,33)/b10-9+. The number of thioether (sulfide) groups is 1. The molecule has 1 aromatic carbocycles. The summed E-state index contributed by atoms with van der Waals surface area (Å²) in [6.45, 7) is 2.38. The van der Waals surface area contributed by atoms with Gasteiger partial charge in [0.1, 0.15) is 6.04 Å². The maximum absolute atomic E-state index is 12.7. The minimum atomic E-state index is -1.06. The van der Waals surface area contributed by atoms with Crippen molar-refractivity contribution in [2.75, 3.05) is 18.8 Å². The summed E-state index contributed by atoms with van der Waals surface area (Å²) in [7, 11) is 0. The van der Waals surface area contributed by atoms with Gasteiger partial charge in [0.05, 0.1) is 10.8 Å². The fraction of sp³-hybridized carbons (Fsp3) is 0.560. The first-order valence-corrected chi connectivity index (χ1v) is 13.6. The SMILES string of the molecule is CC(NC(=O)C1CCN(C(=O)/C=C/c2ccccc2SCC2CCCC(Cl)C2Cl)CC1)C(=O)O. The summed E-state index contributed by atoms with van der Waals surface area (Å²) in [6.07, 6.45) is 7.65. The van der Waals surface area contributed by atoms with Crippen molar-refractivity contribution in [2.24, 2.45) is 11.8 Å². The molecule has 2 aliphatic rings. The van der Waals surface area contributed by atoms with Gasteiger partial charge in [0.2, 0.25) is 11.8 Å². The topological polar surface area (TPSA) is 86.7 Å². The van der Waals surface area contributed by atoms with E-state index in [0.29, 0.717) is 31.8 Å². The monoisotopic (exact) mass is 526 g/mol. The molecule has 2 amide bonds. The second-order valence-electron chi connectivity index (χ2n) is 9.00. The van der Waals surface area contributed by atoms with Gasteiger partial charge in [0.15, 0.2) is 0 Å². The van der Waals surface area contributed by atoms with Gasteiger partial charge in [-0.15, -0.1) is 35.0 Å². The molecule has 2 fully saturated rings. The number of hydrogen-bond donors (Lipinski definition) is 2. The van der Waals surface area contributed by atoms with E-state index in [1.807, 2.05) is 24.3 Å². The summed E-state index contributed by atoms with van der Waals surface area (Å²) in [6, 6.07) is 7.08. The number of nitrogens with one attached hydrogen (secondary N) is 1. The van der Waals surface area contributed by atoms with Gasteiger partial charge >= 0.3 is 5.97 Å². The van der Waals surface area contributed by atoms with Crippen LogP contribution >= 0.6 is 35.0 Å². The molecular weight excluding hydrogens is 495 g/mol. The first kappa shape index (κ1) is 26.9. The van der Waals surface area contributed by atoms with Crippen LogP contribution in [0, 0.1) is 11.8 Å². The highest BCUT2D eigenvalue weighted by Crippen LogP contribution is 2.36. The number of likely N-dealkylation sites (tertiary alicyclic amines) is 1. The zero-order valence-electron chi connectivity index (χ0n) is 19.3. The molecule has 1 aliphatic carbocycles. The van der Waals surface area contributed by atoms with E-state index in [1.54, 1.807) is 22.7 Å². The Hall–Kier alpha value is -1.70. The van der Waals surface area contributed by atoms with Crippen LogP contribution < -0.4 is 5.32 Å². The molecule has 0 bridgehead atoms. The average Bonchev–Trinajstić information content (AvgIpc) is 2.84. The number of carboxylic acid groups (broad SMARTS) is 1. The normalized spacial score (nSPS) is 24.7. The summed E-state index contributed by atoms with van der Waals surface area (Å²) in [5.74, 6) is -0.416. The number of hydrogen-bond acceptors (Lipinski definition) is 4. The molecule has 0 spiro atoms. The summed E-state index contributed by atoms with van der Waals surface area (Å²) < 4.78 is 0. The van der Waals surface area contributed by atoms with E-state index in [4.69, 9.17) is 28.3 Å². The number of aliphatic carboxylic acids is 1. The van der Waals surface area contributed by atoms with Crippen molar-refractivity contribution in [3.8, 4) is 0 Å². The van der Waals surface area contributed by atoms with Crippen LogP contribution in [0.15, 0.2) is 35.2 Å². The minimum Gasteiger partial charge on any atom is -0.480 e. The van der Waals surface area contributed by atoms with E-state index < -0.39 is 12.0 Å². The molecular formula is C25H32Cl2N2O4S. The molecule has 3 rings (SSSR count). The fourth-order valence-electron chi connectivity index (χ4n) is 4.33. The third-order valence-electron chi connectivity index (χ3n) is 6.53. The van der Waals surface area contributed by atoms with Crippen LogP contribution in [0.1, 0.15) is 44.6 Å². The van der Waals surface area contributed by atoms with Gasteiger partial charge in [-0.05, 0) is 56.2 Å². The van der Waals surface area contributed by atoms with Gasteiger partial charge in [-0.1, -0.05) is 24.6 Å². The molecule has 2 N–H and O–H groups in total. The van der Waals surface area contributed by atoms with E-state index in [2.05, 4.69) is 11.4 Å². The first-order valence-electron chi connectivity index (χ1n) is 11.8. The van der Waals surface area contributed by atoms with Crippen LogP contribution in [-0.4, -0.2) is 63.4 Å². The quantitative estimate of drug-likeness (QED) is 0.292. The van der Waals surface area contributed by atoms with Crippen LogP contribution in [0.25, 0.3) is 6.08 Å². The van der Waals surface area contributed by atoms with Crippen molar-refractivity contribution in [2.45, 2.75) is 60.7 Å². The Bertz CT molecular complexity index is 905. The Labute approximate surface area is 215 Å². The molecule has 0 radical (unpaired) electrons. The van der Waals surface area contributed by atoms with E-state index in [-0.39, 0.29) is 28.5 Å². The Kier molecular flexibility index (Phi) is 10.2. The zero-order chi connectivity index (χ0) is 24.7. The van der Waals surface area contributed by atoms with Crippen molar-refractivity contribution in [1.82, 2.24) is 10.2 Å². The van der Waals surface area contributed by atoms with Crippen molar-refractivity contribution < 1.29 is 19.5 Å². The average molecular weight is 528 g/mol. The number of halogens is 2. The second kappa shape index (κ2) is 12.8. The molecule has 4 atom stereocenters. The molecule has 1 saturated heterocycles. The number of amides is 2. The highest BCUT2D eigenvalue weighted by Gasteiger charge is 2.31. The highest BCUT2D eigenvalue weighted by molar-refractivity contribution is 7.99. The molecule has 1 heterocycles. The maximum Gasteiger partial charge on any atom is 0.325 e. The lowest BCUT2D eigenvalue weighted by molar-refractivity contribution is -0.142. The molecule has 4 unspecified atom stereocenters. The summed E-state index contributed by atoms with van der Waals surface area (Å²) in [5.41, 5.74) is 0.988. The molecule has 1 saturated carbocycles. The molecule has 9 heteroatoms. The van der Waals surface area contributed by atoms with Crippen molar-refractivity contribution in [3.05, 3.63) is 35.9 Å². The smallest absolute Gasteiger partial charge is 0.325 e. The molecule has 0 aromatic heterocycles. The molecule has 1 aromatic rings. The molecule has 6 nitrogen and oxygen atoms in total. The van der Waals surface area contributed by atoms with Crippen LogP contribution in [0.5, 0.6) is 0 Å². The van der Waals surface area contributed by atoms with E-state index in [1.165, 1.54) is 6.92 Å². The lowest BCUT2D eigenvalue weighted by atomic mass is 9.90. The largest absolute Gasteiger partial charge is 0.480 e. The molecule has 34 heavy (non-hydrogen) atoms. The summed E-state index contributed by atoms with van der Waals surface area (Å²) >= 11 is 14.6. The van der Waals surface area contributed by atoms with Gasteiger partial charge in [0, 0.05) is 35.7 Å². The van der Waals surface area contributed by atoms with Gasteiger partial charge in [0.25, 0.3) is 0 Å². The number of rotatable bonds is 8. The number of carboxylic acids is 1. The van der Waals surface area contributed by atoms with Gasteiger partial charge in [-0.25, -0.2) is 0 Å². The highest BCUT2D eigenvalue weighted by atomic mass is 35.5. The Morgan fingerprint density at radius 1 is 1.18 bits per heavy atom. The van der Waals surface area contributed by atoms with E-state index in [0.717, 1.165) is 35.5 Å². The predicted octanol–water partition coefficient (Wildman–Crippen LogP) is 4.63. The summed E-state index contributed by atoms with van der Waals surface area (Å²) in [4.78, 5) is 38.7. The minimum absolute atomic E-state index is 0.00968. The van der Waals surface area contributed by atoms with E-state index in [9.17, 15) is 14.4 Å². The first-order chi connectivity index (χ1) is 16.3. The van der Waals surface area contributed by atoms with Crippen LogP contribution in [-0.2, 0) is 14.4 Å². The Morgan fingerprint density at radius 3 is 2.59 bits per heavy atom. The lowest BCUT2D eigenvalue weighted by Crippen LogP contribution is -2.46. The Balaban J connectivity index is 1.51. The molecule has 186 valence electrons. The third-order valence-corrected chi connectivity index (χ3v) is 9.09. The van der Waals surface area contributed by atoms with Crippen molar-refractivity contribution in [3.63, 3.8) is 0 Å². The van der Waals surface area contributed by atoms with Crippen LogP contribution in [0.2, 0.25) is 0 Å². The Morgan fingerprint density at radius 2 is 1.88 bits per heavy atom. The predicted molar refractivity (Wildman–Crippen MR) is 137 cm³/mol. The number of alkyl halides is 2. The number of carbonyl (C=O) groups excluding carboxylic acids is 2. The van der Waals surface area contributed by atoms with Crippen LogP contribution in [0.3, 0.4) is 0 Å². The summed E-state index contributed by atoms with van der Waals surface area (Å²) in [5, 5.41) is 11.5.